The maximum absolute atomic E-state index is 11.6. The van der Waals surface area contributed by atoms with Crippen molar-refractivity contribution in [3.05, 3.63) is 0 Å². The number of rotatable bonds is 0. The van der Waals surface area contributed by atoms with E-state index in [2.05, 4.69) is 20.8 Å². The summed E-state index contributed by atoms with van der Waals surface area (Å²) in [6.45, 7) is 6.57. The number of hydrogen-bond donors (Lipinski definition) is 0. The first-order valence-electron chi connectivity index (χ1n) is 4.57. The Kier molecular flexibility index (Phi) is 1.25. The van der Waals surface area contributed by atoms with E-state index in [1.807, 2.05) is 0 Å². The van der Waals surface area contributed by atoms with Crippen LogP contribution in [0.5, 0.6) is 0 Å². The molecule has 0 saturated heterocycles. The van der Waals surface area contributed by atoms with Gasteiger partial charge in [-0.2, -0.15) is 0 Å². The van der Waals surface area contributed by atoms with Crippen molar-refractivity contribution < 1.29 is 4.79 Å². The molecule has 0 spiro atoms. The Morgan fingerprint density at radius 1 is 1.36 bits per heavy atom. The molecule has 3 saturated carbocycles. The standard InChI is InChI=1S/C10H16O/c1-6-4-7-5-8(9(6)11)10(7,2)3/h6-8H,4-5H2,1-3H3/t6-,7-,8-/m1/s1. The van der Waals surface area contributed by atoms with Crippen LogP contribution >= 0.6 is 0 Å². The van der Waals surface area contributed by atoms with Crippen LogP contribution in [0.2, 0.25) is 0 Å². The van der Waals surface area contributed by atoms with Crippen LogP contribution in [-0.2, 0) is 4.79 Å². The summed E-state index contributed by atoms with van der Waals surface area (Å²) in [6.07, 6.45) is 2.32. The van der Waals surface area contributed by atoms with E-state index in [1.165, 1.54) is 6.42 Å². The number of carbonyl (C=O) groups is 1. The molecule has 62 valence electrons. The predicted octanol–water partition coefficient (Wildman–Crippen LogP) is 2.26. The number of carbonyl (C=O) groups excluding carboxylic acids is 1. The Balaban J connectivity index is 2.23. The highest BCUT2D eigenvalue weighted by molar-refractivity contribution is 5.86. The molecule has 0 aromatic rings. The molecule has 0 aromatic heterocycles. The second kappa shape index (κ2) is 1.88. The molecule has 3 fully saturated rings. The smallest absolute Gasteiger partial charge is 0.139 e. The largest absolute Gasteiger partial charge is 0.299 e. The van der Waals surface area contributed by atoms with Crippen LogP contribution in [0.1, 0.15) is 33.6 Å². The molecule has 0 aromatic carbocycles. The van der Waals surface area contributed by atoms with Crippen molar-refractivity contribution in [3.63, 3.8) is 0 Å². The van der Waals surface area contributed by atoms with Crippen molar-refractivity contribution in [2.45, 2.75) is 33.6 Å². The lowest BCUT2D eigenvalue weighted by molar-refractivity contribution is -0.155. The number of Topliss-reactive ketones (excluding diaryl/α,β-unsaturated/α-hetero) is 1. The van der Waals surface area contributed by atoms with E-state index >= 15 is 0 Å². The molecule has 0 unspecified atom stereocenters. The molecule has 0 radical (unpaired) electrons. The molecular formula is C10H16O. The lowest BCUT2D eigenvalue weighted by Crippen LogP contribution is -2.55. The molecular weight excluding hydrogens is 136 g/mol. The minimum Gasteiger partial charge on any atom is -0.299 e. The first kappa shape index (κ1) is 7.33. The van der Waals surface area contributed by atoms with E-state index in [-0.39, 0.29) is 0 Å². The first-order chi connectivity index (χ1) is 5.03. The van der Waals surface area contributed by atoms with Crippen molar-refractivity contribution in [2.24, 2.45) is 23.2 Å². The summed E-state index contributed by atoms with van der Waals surface area (Å²) in [5.41, 5.74) is 0.337. The molecule has 2 bridgehead atoms. The third-order valence-electron chi connectivity index (χ3n) is 3.94. The number of hydrogen-bond acceptors (Lipinski definition) is 1. The minimum absolute atomic E-state index is 0.337. The van der Waals surface area contributed by atoms with Gasteiger partial charge in [-0.05, 0) is 24.2 Å². The summed E-state index contributed by atoms with van der Waals surface area (Å²) in [7, 11) is 0. The van der Waals surface area contributed by atoms with Crippen LogP contribution in [-0.4, -0.2) is 5.78 Å². The fourth-order valence-corrected chi connectivity index (χ4v) is 2.79. The van der Waals surface area contributed by atoms with Crippen LogP contribution in [0.3, 0.4) is 0 Å². The van der Waals surface area contributed by atoms with Gasteiger partial charge >= 0.3 is 0 Å². The van der Waals surface area contributed by atoms with Gasteiger partial charge in [0.15, 0.2) is 0 Å². The van der Waals surface area contributed by atoms with Crippen LogP contribution in [0.4, 0.5) is 0 Å². The fraction of sp³-hybridized carbons (Fsp3) is 0.900. The van der Waals surface area contributed by atoms with Gasteiger partial charge in [-0.1, -0.05) is 20.8 Å². The second-order valence-corrected chi connectivity index (χ2v) is 4.85. The fourth-order valence-electron chi connectivity index (χ4n) is 2.79. The van der Waals surface area contributed by atoms with E-state index in [0.29, 0.717) is 23.0 Å². The van der Waals surface area contributed by atoms with Gasteiger partial charge in [0, 0.05) is 11.8 Å². The van der Waals surface area contributed by atoms with E-state index < -0.39 is 0 Å². The van der Waals surface area contributed by atoms with Crippen molar-refractivity contribution in [3.8, 4) is 0 Å². The highest BCUT2D eigenvalue weighted by Crippen LogP contribution is 2.58. The molecule has 1 nitrogen and oxygen atoms in total. The Hall–Kier alpha value is -0.330. The summed E-state index contributed by atoms with van der Waals surface area (Å²) in [6, 6.07) is 0. The lowest BCUT2D eigenvalue weighted by atomic mass is 9.46. The van der Waals surface area contributed by atoms with E-state index in [0.717, 1.165) is 12.3 Å². The summed E-state index contributed by atoms with van der Waals surface area (Å²) in [5.74, 6) is 2.11. The van der Waals surface area contributed by atoms with Crippen LogP contribution in [0, 0.1) is 23.2 Å². The number of ketones is 1. The van der Waals surface area contributed by atoms with Gasteiger partial charge in [0.1, 0.15) is 5.78 Å². The first-order valence-corrected chi connectivity index (χ1v) is 4.57. The topological polar surface area (TPSA) is 17.1 Å². The van der Waals surface area contributed by atoms with E-state index in [9.17, 15) is 4.79 Å². The third kappa shape index (κ3) is 0.743. The average molecular weight is 152 g/mol. The van der Waals surface area contributed by atoms with Gasteiger partial charge in [-0.15, -0.1) is 0 Å². The minimum atomic E-state index is 0.337. The van der Waals surface area contributed by atoms with Gasteiger partial charge in [0.05, 0.1) is 0 Å². The maximum Gasteiger partial charge on any atom is 0.139 e. The van der Waals surface area contributed by atoms with Gasteiger partial charge in [-0.3, -0.25) is 4.79 Å². The third-order valence-corrected chi connectivity index (χ3v) is 3.94. The Morgan fingerprint density at radius 3 is 2.36 bits per heavy atom. The Labute approximate surface area is 68.2 Å². The molecule has 3 aliphatic carbocycles. The molecule has 1 heteroatoms. The number of fused-ring (bicyclic) bond motifs is 2. The Bertz CT molecular complexity index is 205. The molecule has 11 heavy (non-hydrogen) atoms. The quantitative estimate of drug-likeness (QED) is 0.520. The van der Waals surface area contributed by atoms with Crippen molar-refractivity contribution in [1.29, 1.82) is 0 Å². The maximum atomic E-state index is 11.6. The zero-order valence-electron chi connectivity index (χ0n) is 7.55. The lowest BCUT2D eigenvalue weighted by Gasteiger charge is -2.57. The van der Waals surface area contributed by atoms with Crippen molar-refractivity contribution >= 4 is 5.78 Å². The highest BCUT2D eigenvalue weighted by Gasteiger charge is 2.56. The van der Waals surface area contributed by atoms with E-state index in [1.54, 1.807) is 0 Å². The molecule has 3 aliphatic rings. The Morgan fingerprint density at radius 2 is 2.00 bits per heavy atom. The predicted molar refractivity (Wildman–Crippen MR) is 44.2 cm³/mol. The summed E-state index contributed by atoms with van der Waals surface area (Å²) in [4.78, 5) is 11.6. The van der Waals surface area contributed by atoms with Gasteiger partial charge < -0.3 is 0 Å². The summed E-state index contributed by atoms with van der Waals surface area (Å²) < 4.78 is 0. The average Bonchev–Trinajstić information content (AvgIpc) is 1.93. The van der Waals surface area contributed by atoms with Gasteiger partial charge in [-0.25, -0.2) is 0 Å². The molecule has 0 aliphatic heterocycles. The highest BCUT2D eigenvalue weighted by atomic mass is 16.1. The zero-order valence-corrected chi connectivity index (χ0v) is 7.55. The second-order valence-electron chi connectivity index (χ2n) is 4.85. The van der Waals surface area contributed by atoms with Crippen molar-refractivity contribution in [1.82, 2.24) is 0 Å². The molecule has 3 rings (SSSR count). The monoisotopic (exact) mass is 152 g/mol. The molecule has 0 amide bonds. The molecule has 0 heterocycles. The SMILES string of the molecule is C[C@@H]1C[C@@H]2C[C@H](C1=O)C2(C)C. The van der Waals surface area contributed by atoms with Crippen LogP contribution in [0.15, 0.2) is 0 Å². The molecule has 0 N–H and O–H groups in total. The zero-order chi connectivity index (χ0) is 8.22. The van der Waals surface area contributed by atoms with Crippen molar-refractivity contribution in [2.75, 3.05) is 0 Å². The van der Waals surface area contributed by atoms with Crippen LogP contribution < -0.4 is 0 Å². The summed E-state index contributed by atoms with van der Waals surface area (Å²) >= 11 is 0. The van der Waals surface area contributed by atoms with Gasteiger partial charge in [0.25, 0.3) is 0 Å². The van der Waals surface area contributed by atoms with Gasteiger partial charge in [0.2, 0.25) is 0 Å². The van der Waals surface area contributed by atoms with Crippen LogP contribution in [0.25, 0.3) is 0 Å². The summed E-state index contributed by atoms with van der Waals surface area (Å²) in [5, 5.41) is 0. The normalized spacial score (nSPS) is 46.8. The van der Waals surface area contributed by atoms with E-state index in [4.69, 9.17) is 0 Å². The molecule has 3 atom stereocenters.